The predicted molar refractivity (Wildman–Crippen MR) is 30.8 cm³/mol. The van der Waals surface area contributed by atoms with Crippen LogP contribution in [0.3, 0.4) is 0 Å². The van der Waals surface area contributed by atoms with Crippen LogP contribution in [0.1, 0.15) is 5.56 Å². The molecule has 2 heterocycles. The van der Waals surface area contributed by atoms with Crippen molar-refractivity contribution in [1.82, 2.24) is 0 Å². The molecule has 2 aliphatic rings. The average molecular weight is 106 g/mol. The molecule has 2 aliphatic heterocycles. The smallest absolute Gasteiger partial charge is 0.119 e. The van der Waals surface area contributed by atoms with Crippen LogP contribution in [0.15, 0.2) is 24.3 Å². The van der Waals surface area contributed by atoms with E-state index >= 15 is 0 Å². The minimum atomic E-state index is 0.766. The van der Waals surface area contributed by atoms with Gasteiger partial charge in [0.25, 0.3) is 0 Å². The Morgan fingerprint density at radius 3 is 2.00 bits per heavy atom. The third-order valence-corrected chi connectivity index (χ3v) is 1.33. The zero-order chi connectivity index (χ0) is 5.40. The summed E-state index contributed by atoms with van der Waals surface area (Å²) in [6, 6.07) is 8.13. The van der Waals surface area contributed by atoms with Crippen molar-refractivity contribution >= 4 is 0 Å². The number of ether oxygens (including phenoxy) is 1. The van der Waals surface area contributed by atoms with Gasteiger partial charge in [-0.1, -0.05) is 12.1 Å². The average Bonchev–Trinajstić information content (AvgIpc) is 1.92. The van der Waals surface area contributed by atoms with Crippen LogP contribution in [0.5, 0.6) is 5.75 Å². The highest BCUT2D eigenvalue weighted by Crippen LogP contribution is 2.19. The number of rotatable bonds is 0. The van der Waals surface area contributed by atoms with Crippen molar-refractivity contribution < 1.29 is 4.74 Å². The van der Waals surface area contributed by atoms with Crippen molar-refractivity contribution in [3.63, 3.8) is 0 Å². The van der Waals surface area contributed by atoms with E-state index in [4.69, 9.17) is 4.74 Å². The molecule has 1 heteroatoms. The quantitative estimate of drug-likeness (QED) is 0.488. The second-order valence-electron chi connectivity index (χ2n) is 1.93. The van der Waals surface area contributed by atoms with Gasteiger partial charge in [0.1, 0.15) is 12.4 Å². The van der Waals surface area contributed by atoms with E-state index in [0.717, 1.165) is 12.4 Å². The van der Waals surface area contributed by atoms with Crippen molar-refractivity contribution in [3.8, 4) is 5.75 Å². The first-order valence-electron chi connectivity index (χ1n) is 2.67. The van der Waals surface area contributed by atoms with Gasteiger partial charge in [0, 0.05) is 0 Å². The lowest BCUT2D eigenvalue weighted by atomic mass is 10.2. The third-order valence-electron chi connectivity index (χ3n) is 1.33. The van der Waals surface area contributed by atoms with Crippen molar-refractivity contribution in [2.45, 2.75) is 6.61 Å². The molecule has 0 aliphatic carbocycles. The summed E-state index contributed by atoms with van der Waals surface area (Å²) in [7, 11) is 0. The Balaban J connectivity index is 2.69. The van der Waals surface area contributed by atoms with E-state index < -0.39 is 0 Å². The second kappa shape index (κ2) is 1.25. The van der Waals surface area contributed by atoms with Gasteiger partial charge in [0.05, 0.1) is 0 Å². The van der Waals surface area contributed by atoms with E-state index in [9.17, 15) is 0 Å². The fourth-order valence-electron chi connectivity index (χ4n) is 0.849. The maximum atomic E-state index is 5.18. The molecule has 1 aromatic carbocycles. The van der Waals surface area contributed by atoms with E-state index in [1.54, 1.807) is 0 Å². The van der Waals surface area contributed by atoms with E-state index in [-0.39, 0.29) is 0 Å². The summed E-state index contributed by atoms with van der Waals surface area (Å²) in [6.45, 7) is 0.766. The lowest BCUT2D eigenvalue weighted by molar-refractivity contribution is 0.295. The molecule has 0 unspecified atom stereocenters. The molecular formula is C7H6O. The molecule has 0 saturated carbocycles. The van der Waals surface area contributed by atoms with Gasteiger partial charge in [-0.15, -0.1) is 0 Å². The highest BCUT2D eigenvalue weighted by molar-refractivity contribution is 5.30. The third kappa shape index (κ3) is 0.413. The Hall–Kier alpha value is -0.980. The molecule has 0 atom stereocenters. The monoisotopic (exact) mass is 106 g/mol. The molecule has 8 heavy (non-hydrogen) atoms. The molecule has 0 saturated heterocycles. The zero-order valence-corrected chi connectivity index (χ0v) is 4.42. The van der Waals surface area contributed by atoms with Gasteiger partial charge >= 0.3 is 0 Å². The molecule has 40 valence electrons. The minimum Gasteiger partial charge on any atom is -0.489 e. The Labute approximate surface area is 47.9 Å². The Morgan fingerprint density at radius 1 is 1.12 bits per heavy atom. The van der Waals surface area contributed by atoms with Crippen molar-refractivity contribution in [2.24, 2.45) is 0 Å². The van der Waals surface area contributed by atoms with Gasteiger partial charge in [-0.2, -0.15) is 0 Å². The number of fused-ring (bicyclic) bond motifs is 3. The highest BCUT2D eigenvalue weighted by atomic mass is 16.5. The molecule has 0 N–H and O–H groups in total. The van der Waals surface area contributed by atoms with Gasteiger partial charge in [-0.05, 0) is 17.7 Å². The van der Waals surface area contributed by atoms with Crippen LogP contribution in [0.2, 0.25) is 0 Å². The molecule has 3 rings (SSSR count). The molecule has 0 radical (unpaired) electrons. The standard InChI is InChI=1S/C7H6O/c1-3-7-4-2-6(1)5-8-7/h1-4H,5H2. The summed E-state index contributed by atoms with van der Waals surface area (Å²) < 4.78 is 5.18. The molecule has 0 spiro atoms. The summed E-state index contributed by atoms with van der Waals surface area (Å²) in [5, 5.41) is 0. The van der Waals surface area contributed by atoms with Crippen LogP contribution >= 0.6 is 0 Å². The first kappa shape index (κ1) is 3.96. The lowest BCUT2D eigenvalue weighted by Gasteiger charge is -2.11. The first-order chi connectivity index (χ1) is 3.95. The maximum Gasteiger partial charge on any atom is 0.119 e. The minimum absolute atomic E-state index is 0.766. The largest absolute Gasteiger partial charge is 0.489 e. The fourth-order valence-corrected chi connectivity index (χ4v) is 0.849. The highest BCUT2D eigenvalue weighted by Gasteiger charge is 2.01. The fraction of sp³-hybridized carbons (Fsp3) is 0.143. The zero-order valence-electron chi connectivity index (χ0n) is 4.42. The Kier molecular flexibility index (Phi) is 0.618. The number of hydrogen-bond donors (Lipinski definition) is 0. The van der Waals surface area contributed by atoms with E-state index in [0.29, 0.717) is 0 Å². The van der Waals surface area contributed by atoms with Crippen LogP contribution in [0, 0.1) is 0 Å². The van der Waals surface area contributed by atoms with Crippen molar-refractivity contribution in [2.75, 3.05) is 0 Å². The first-order valence-corrected chi connectivity index (χ1v) is 2.67. The Bertz CT molecular complexity index is 165. The second-order valence-corrected chi connectivity index (χ2v) is 1.93. The van der Waals surface area contributed by atoms with Crippen molar-refractivity contribution in [1.29, 1.82) is 0 Å². The summed E-state index contributed by atoms with van der Waals surface area (Å²) in [6.07, 6.45) is 0. The normalized spacial score (nSPS) is 13.5. The van der Waals surface area contributed by atoms with Crippen LogP contribution in [-0.2, 0) is 6.61 Å². The van der Waals surface area contributed by atoms with E-state index in [1.807, 2.05) is 12.1 Å². The molecule has 0 fully saturated rings. The summed E-state index contributed by atoms with van der Waals surface area (Å²) in [4.78, 5) is 0. The molecule has 2 bridgehead atoms. The van der Waals surface area contributed by atoms with Crippen LogP contribution in [-0.4, -0.2) is 0 Å². The van der Waals surface area contributed by atoms with E-state index in [1.165, 1.54) is 5.56 Å². The van der Waals surface area contributed by atoms with Gasteiger partial charge in [-0.3, -0.25) is 0 Å². The molecule has 1 aromatic rings. The SMILES string of the molecule is c1cc2ccc1CO2. The van der Waals surface area contributed by atoms with E-state index in [2.05, 4.69) is 12.1 Å². The van der Waals surface area contributed by atoms with Crippen LogP contribution in [0.4, 0.5) is 0 Å². The number of benzene rings is 1. The molecule has 0 amide bonds. The lowest BCUT2D eigenvalue weighted by Crippen LogP contribution is -2.00. The number of hydrogen-bond acceptors (Lipinski definition) is 1. The maximum absolute atomic E-state index is 5.18. The van der Waals surface area contributed by atoms with Gasteiger partial charge in [0.15, 0.2) is 0 Å². The molecule has 1 nitrogen and oxygen atoms in total. The predicted octanol–water partition coefficient (Wildman–Crippen LogP) is 1.58. The summed E-state index contributed by atoms with van der Waals surface area (Å²) in [5.41, 5.74) is 1.26. The van der Waals surface area contributed by atoms with Crippen LogP contribution in [0.25, 0.3) is 0 Å². The van der Waals surface area contributed by atoms with Gasteiger partial charge in [0.2, 0.25) is 0 Å². The summed E-state index contributed by atoms with van der Waals surface area (Å²) in [5.74, 6) is 0.986. The van der Waals surface area contributed by atoms with Crippen molar-refractivity contribution in [3.05, 3.63) is 29.8 Å². The van der Waals surface area contributed by atoms with Gasteiger partial charge in [-0.25, -0.2) is 0 Å². The Morgan fingerprint density at radius 2 is 1.88 bits per heavy atom. The molecule has 0 aromatic heterocycles. The molecular weight excluding hydrogens is 100 g/mol. The summed E-state index contributed by atoms with van der Waals surface area (Å²) >= 11 is 0. The van der Waals surface area contributed by atoms with Gasteiger partial charge < -0.3 is 4.74 Å². The van der Waals surface area contributed by atoms with Crippen LogP contribution < -0.4 is 4.74 Å². The topological polar surface area (TPSA) is 9.23 Å².